The lowest BCUT2D eigenvalue weighted by atomic mass is 10.1. The molecule has 1 saturated heterocycles. The molecule has 1 aliphatic heterocycles. The van der Waals surface area contributed by atoms with E-state index in [0.29, 0.717) is 35.8 Å². The zero-order chi connectivity index (χ0) is 23.3. The third-order valence-electron chi connectivity index (χ3n) is 5.26. The maximum atomic E-state index is 13.4. The second kappa shape index (κ2) is 7.66. The van der Waals surface area contributed by atoms with Crippen molar-refractivity contribution in [3.63, 3.8) is 0 Å². The summed E-state index contributed by atoms with van der Waals surface area (Å²) in [6.45, 7) is 2.76. The number of carbonyl (C=O) groups is 1. The molecule has 1 fully saturated rings. The summed E-state index contributed by atoms with van der Waals surface area (Å²) in [5.74, 6) is 0. The average Bonchev–Trinajstić information content (AvgIpc) is 3.05. The molecular formula is C21H19F3N4O3S. The van der Waals surface area contributed by atoms with Crippen LogP contribution in [0, 0.1) is 6.92 Å². The number of fused-ring (bicyclic) bond motifs is 1. The van der Waals surface area contributed by atoms with Crippen molar-refractivity contribution in [1.29, 1.82) is 0 Å². The fourth-order valence-electron chi connectivity index (χ4n) is 3.74. The smallest absolute Gasteiger partial charge is 0.326 e. The highest BCUT2D eigenvalue weighted by molar-refractivity contribution is 7.92. The molecule has 168 valence electrons. The molecule has 32 heavy (non-hydrogen) atoms. The molecule has 4 rings (SSSR count). The van der Waals surface area contributed by atoms with Crippen LogP contribution in [0.1, 0.15) is 11.1 Å². The minimum atomic E-state index is -4.84. The minimum absolute atomic E-state index is 0.0146. The summed E-state index contributed by atoms with van der Waals surface area (Å²) in [5, 5.41) is 0.512. The Balaban J connectivity index is 1.82. The number of alkyl halides is 3. The van der Waals surface area contributed by atoms with Crippen molar-refractivity contribution in [2.45, 2.75) is 18.0 Å². The molecular weight excluding hydrogens is 445 g/mol. The molecule has 2 amide bonds. The summed E-state index contributed by atoms with van der Waals surface area (Å²) in [7, 11) is -2.90. The molecule has 11 heteroatoms. The number of benzene rings is 2. The van der Waals surface area contributed by atoms with E-state index >= 15 is 0 Å². The molecule has 1 aliphatic rings. The van der Waals surface area contributed by atoms with Crippen LogP contribution < -0.4 is 9.62 Å². The van der Waals surface area contributed by atoms with Crippen LogP contribution in [-0.2, 0) is 16.2 Å². The number of amides is 2. The molecule has 0 aliphatic carbocycles. The quantitative estimate of drug-likeness (QED) is 0.626. The first kappa shape index (κ1) is 21.9. The van der Waals surface area contributed by atoms with Crippen molar-refractivity contribution in [3.8, 4) is 0 Å². The average molecular weight is 464 g/mol. The summed E-state index contributed by atoms with van der Waals surface area (Å²) in [5.41, 5.74) is 0.275. The number of pyridine rings is 1. The maximum Gasteiger partial charge on any atom is 0.417 e. The molecule has 0 spiro atoms. The van der Waals surface area contributed by atoms with Gasteiger partial charge in [-0.05, 0) is 30.7 Å². The lowest BCUT2D eigenvalue weighted by Gasteiger charge is -2.21. The number of anilines is 2. The number of rotatable bonds is 4. The Morgan fingerprint density at radius 3 is 2.44 bits per heavy atom. The van der Waals surface area contributed by atoms with Crippen LogP contribution in [-0.4, -0.2) is 44.5 Å². The first-order chi connectivity index (χ1) is 15.0. The van der Waals surface area contributed by atoms with Crippen LogP contribution in [0.25, 0.3) is 10.9 Å². The van der Waals surface area contributed by atoms with E-state index in [-0.39, 0.29) is 17.2 Å². The predicted octanol–water partition coefficient (Wildman–Crippen LogP) is 4.23. The van der Waals surface area contributed by atoms with Crippen molar-refractivity contribution < 1.29 is 26.4 Å². The van der Waals surface area contributed by atoms with E-state index in [0.717, 1.165) is 12.1 Å². The van der Waals surface area contributed by atoms with Crippen LogP contribution in [0.4, 0.5) is 29.3 Å². The van der Waals surface area contributed by atoms with Gasteiger partial charge in [-0.15, -0.1) is 0 Å². The van der Waals surface area contributed by atoms with Gasteiger partial charge in [0.1, 0.15) is 0 Å². The van der Waals surface area contributed by atoms with E-state index < -0.39 is 26.7 Å². The largest absolute Gasteiger partial charge is 0.417 e. The Kier molecular flexibility index (Phi) is 5.24. The summed E-state index contributed by atoms with van der Waals surface area (Å²) in [4.78, 5) is 19.1. The molecule has 2 heterocycles. The lowest BCUT2D eigenvalue weighted by molar-refractivity contribution is -0.139. The Labute approximate surface area is 182 Å². The Morgan fingerprint density at radius 2 is 1.78 bits per heavy atom. The standard InChI is InChI=1S/C21H19F3N4O3S/c1-13-12-25-18-14(19(13)28-11-10-27(2)20(28)29)6-5-8-16(18)26-32(30,31)17-9-4-3-7-15(17)21(22,23)24/h3-9,12,26H,10-11H2,1-2H3. The van der Waals surface area contributed by atoms with Crippen LogP contribution in [0.3, 0.4) is 0 Å². The van der Waals surface area contributed by atoms with Crippen LogP contribution in [0.15, 0.2) is 53.6 Å². The van der Waals surface area contributed by atoms with Crippen LogP contribution in [0.5, 0.6) is 0 Å². The molecule has 1 aromatic heterocycles. The number of para-hydroxylation sites is 1. The van der Waals surface area contributed by atoms with E-state index in [4.69, 9.17) is 0 Å². The molecule has 0 bridgehead atoms. The van der Waals surface area contributed by atoms with Gasteiger partial charge in [0.2, 0.25) is 0 Å². The number of nitrogens with one attached hydrogen (secondary N) is 1. The van der Waals surface area contributed by atoms with E-state index in [1.807, 2.05) is 0 Å². The number of aromatic nitrogens is 1. The highest BCUT2D eigenvalue weighted by Crippen LogP contribution is 2.37. The van der Waals surface area contributed by atoms with Gasteiger partial charge in [-0.25, -0.2) is 13.2 Å². The monoisotopic (exact) mass is 464 g/mol. The number of carbonyl (C=O) groups excluding carboxylic acids is 1. The number of nitrogens with zero attached hydrogens (tertiary/aromatic N) is 3. The first-order valence-corrected chi connectivity index (χ1v) is 11.1. The van der Waals surface area contributed by atoms with Gasteiger partial charge in [0.15, 0.2) is 0 Å². The van der Waals surface area contributed by atoms with Gasteiger partial charge < -0.3 is 4.90 Å². The predicted molar refractivity (Wildman–Crippen MR) is 114 cm³/mol. The molecule has 1 N–H and O–H groups in total. The second-order valence-electron chi connectivity index (χ2n) is 7.45. The normalized spacial score (nSPS) is 15.0. The number of hydrogen-bond acceptors (Lipinski definition) is 4. The molecule has 0 unspecified atom stereocenters. The Bertz CT molecular complexity index is 1330. The fourth-order valence-corrected chi connectivity index (χ4v) is 5.03. The van der Waals surface area contributed by atoms with Crippen molar-refractivity contribution in [2.24, 2.45) is 0 Å². The van der Waals surface area contributed by atoms with Crippen molar-refractivity contribution in [2.75, 3.05) is 29.8 Å². The second-order valence-corrected chi connectivity index (χ2v) is 9.10. The SMILES string of the molecule is Cc1cnc2c(NS(=O)(=O)c3ccccc3C(F)(F)F)cccc2c1N1CCN(C)C1=O. The van der Waals surface area contributed by atoms with Crippen LogP contribution in [0.2, 0.25) is 0 Å². The van der Waals surface area contributed by atoms with E-state index in [9.17, 15) is 26.4 Å². The highest BCUT2D eigenvalue weighted by atomic mass is 32.2. The lowest BCUT2D eigenvalue weighted by Crippen LogP contribution is -2.30. The van der Waals surface area contributed by atoms with Crippen molar-refractivity contribution in [3.05, 3.63) is 59.8 Å². The van der Waals surface area contributed by atoms with Gasteiger partial charge >= 0.3 is 12.2 Å². The Morgan fingerprint density at radius 1 is 1.06 bits per heavy atom. The zero-order valence-electron chi connectivity index (χ0n) is 17.1. The summed E-state index contributed by atoms with van der Waals surface area (Å²) < 4.78 is 68.1. The minimum Gasteiger partial charge on any atom is -0.326 e. The summed E-state index contributed by atoms with van der Waals surface area (Å²) >= 11 is 0. The molecule has 0 atom stereocenters. The molecule has 7 nitrogen and oxygen atoms in total. The summed E-state index contributed by atoms with van der Waals surface area (Å²) in [6, 6.07) is 8.43. The number of halogens is 3. The number of urea groups is 1. The Hall–Kier alpha value is -3.34. The van der Waals surface area contributed by atoms with Crippen LogP contribution >= 0.6 is 0 Å². The first-order valence-electron chi connectivity index (χ1n) is 9.60. The van der Waals surface area contributed by atoms with Crippen molar-refractivity contribution >= 4 is 38.3 Å². The third kappa shape index (κ3) is 3.72. The number of sulfonamides is 1. The van der Waals surface area contributed by atoms with Gasteiger partial charge in [0.05, 0.1) is 27.4 Å². The van der Waals surface area contributed by atoms with Gasteiger partial charge in [-0.3, -0.25) is 14.6 Å². The molecule has 2 aromatic carbocycles. The number of aryl methyl sites for hydroxylation is 1. The van der Waals surface area contributed by atoms with Crippen molar-refractivity contribution in [1.82, 2.24) is 9.88 Å². The van der Waals surface area contributed by atoms with Gasteiger partial charge in [0, 0.05) is 31.7 Å². The van der Waals surface area contributed by atoms with Gasteiger partial charge in [-0.2, -0.15) is 13.2 Å². The highest BCUT2D eigenvalue weighted by Gasteiger charge is 2.37. The third-order valence-corrected chi connectivity index (χ3v) is 6.69. The fraction of sp³-hybridized carbons (Fsp3) is 0.238. The van der Waals surface area contributed by atoms with E-state index in [1.54, 1.807) is 35.9 Å². The van der Waals surface area contributed by atoms with Gasteiger partial charge in [-0.1, -0.05) is 24.3 Å². The molecule has 3 aromatic rings. The van der Waals surface area contributed by atoms with E-state index in [2.05, 4.69) is 9.71 Å². The number of likely N-dealkylation sites (N-methyl/N-ethyl adjacent to an activating group) is 1. The molecule has 0 saturated carbocycles. The van der Waals surface area contributed by atoms with E-state index in [1.165, 1.54) is 18.3 Å². The number of hydrogen-bond donors (Lipinski definition) is 1. The maximum absolute atomic E-state index is 13.4. The topological polar surface area (TPSA) is 82.6 Å². The van der Waals surface area contributed by atoms with Gasteiger partial charge in [0.25, 0.3) is 10.0 Å². The zero-order valence-corrected chi connectivity index (χ0v) is 18.0. The summed E-state index contributed by atoms with van der Waals surface area (Å²) in [6.07, 6.45) is -3.33. The molecule has 0 radical (unpaired) electrons.